The molecule has 0 unspecified atom stereocenters. The molecule has 33 heavy (non-hydrogen) atoms. The number of ether oxygens (including phenoxy) is 1. The molecular weight excluding hydrogens is 442 g/mol. The predicted octanol–water partition coefficient (Wildman–Crippen LogP) is 4.99. The van der Waals surface area contributed by atoms with Gasteiger partial charge in [-0.05, 0) is 36.4 Å². The van der Waals surface area contributed by atoms with Gasteiger partial charge in [0.25, 0.3) is 11.7 Å². The lowest BCUT2D eigenvalue weighted by molar-refractivity contribution is 0.0424. The van der Waals surface area contributed by atoms with Crippen LogP contribution in [-0.4, -0.2) is 30.9 Å². The molecule has 2 heterocycles. The first-order valence-corrected chi connectivity index (χ1v) is 10.4. The van der Waals surface area contributed by atoms with Gasteiger partial charge in [-0.25, -0.2) is 14.5 Å². The monoisotopic (exact) mass is 457 g/mol. The first-order valence-electron chi connectivity index (χ1n) is 10.0. The number of carbonyl (C=O) groups excluding carboxylic acids is 1. The highest BCUT2D eigenvalue weighted by atomic mass is 35.5. The maximum absolute atomic E-state index is 12.7. The fraction of sp³-hybridized carbons (Fsp3) is 0.0417. The zero-order valence-electron chi connectivity index (χ0n) is 17.1. The molecule has 0 aliphatic carbocycles. The van der Waals surface area contributed by atoms with Crippen molar-refractivity contribution in [3.8, 4) is 28.5 Å². The van der Waals surface area contributed by atoms with E-state index in [1.54, 1.807) is 28.9 Å². The van der Waals surface area contributed by atoms with E-state index in [-0.39, 0.29) is 18.3 Å². The van der Waals surface area contributed by atoms with Gasteiger partial charge in [-0.1, -0.05) is 60.1 Å². The molecule has 9 heteroatoms. The minimum absolute atomic E-state index is 0.0739. The Balaban J connectivity index is 1.36. The van der Waals surface area contributed by atoms with Crippen molar-refractivity contribution in [2.24, 2.45) is 0 Å². The molecule has 0 amide bonds. The van der Waals surface area contributed by atoms with Gasteiger partial charge in [-0.3, -0.25) is 0 Å². The van der Waals surface area contributed by atoms with Crippen LogP contribution in [0.1, 0.15) is 16.5 Å². The molecule has 0 atom stereocenters. The number of esters is 1. The molecule has 2 aromatic heterocycles. The van der Waals surface area contributed by atoms with E-state index in [0.29, 0.717) is 22.3 Å². The summed E-state index contributed by atoms with van der Waals surface area (Å²) < 4.78 is 12.5. The lowest BCUT2D eigenvalue weighted by atomic mass is 10.2. The van der Waals surface area contributed by atoms with E-state index >= 15 is 0 Å². The summed E-state index contributed by atoms with van der Waals surface area (Å²) in [6.45, 7) is -0.208. The van der Waals surface area contributed by atoms with Crippen LogP contribution in [-0.2, 0) is 11.3 Å². The summed E-state index contributed by atoms with van der Waals surface area (Å²) in [7, 11) is 0. The van der Waals surface area contributed by atoms with Crippen LogP contribution < -0.4 is 0 Å². The third kappa shape index (κ3) is 4.51. The normalized spacial score (nSPS) is 10.8. The Hall–Kier alpha value is -4.30. The molecule has 0 aliphatic rings. The Bertz CT molecular complexity index is 1330. The number of nitrogens with zero attached hydrogens (tertiary/aromatic N) is 5. The van der Waals surface area contributed by atoms with Crippen molar-refractivity contribution >= 4 is 17.6 Å². The van der Waals surface area contributed by atoms with Gasteiger partial charge in [0.15, 0.2) is 12.4 Å². The molecule has 0 spiro atoms. The minimum Gasteiger partial charge on any atom is -0.450 e. The summed E-state index contributed by atoms with van der Waals surface area (Å²) in [4.78, 5) is 17.1. The van der Waals surface area contributed by atoms with Crippen LogP contribution in [0.15, 0.2) is 89.3 Å². The van der Waals surface area contributed by atoms with Gasteiger partial charge >= 0.3 is 5.97 Å². The maximum Gasteiger partial charge on any atom is 0.378 e. The number of halogens is 1. The van der Waals surface area contributed by atoms with E-state index in [1.165, 1.54) is 0 Å². The minimum atomic E-state index is -0.701. The summed E-state index contributed by atoms with van der Waals surface area (Å²) in [6, 6.07) is 25.9. The zero-order chi connectivity index (χ0) is 22.6. The van der Waals surface area contributed by atoms with Crippen molar-refractivity contribution in [2.75, 3.05) is 0 Å². The summed E-state index contributed by atoms with van der Waals surface area (Å²) >= 11 is 5.90. The average molecular weight is 458 g/mol. The third-order valence-electron chi connectivity index (χ3n) is 4.71. The number of rotatable bonds is 6. The van der Waals surface area contributed by atoms with Crippen molar-refractivity contribution in [3.05, 3.63) is 102 Å². The first kappa shape index (κ1) is 20.6. The van der Waals surface area contributed by atoms with Crippen LogP contribution in [0.2, 0.25) is 5.02 Å². The van der Waals surface area contributed by atoms with Gasteiger partial charge in [-0.15, -0.1) is 15.3 Å². The molecule has 0 aliphatic heterocycles. The maximum atomic E-state index is 12.7. The standard InChI is InChI=1S/C24H16ClN5O3/c25-18-13-11-17(12-14-18)23-28-27-20(33-23)15-32-24(31)21-26-22(16-7-3-1-4-8-16)30(29-21)19-9-5-2-6-10-19/h1-14H,15H2. The average Bonchev–Trinajstić information content (AvgIpc) is 3.52. The molecule has 0 fully saturated rings. The molecule has 8 nitrogen and oxygen atoms in total. The Morgan fingerprint density at radius 2 is 1.58 bits per heavy atom. The fourth-order valence-corrected chi connectivity index (χ4v) is 3.26. The summed E-state index contributed by atoms with van der Waals surface area (Å²) in [5.41, 5.74) is 2.30. The second kappa shape index (κ2) is 9.05. The Kier molecular flexibility index (Phi) is 5.65. The van der Waals surface area contributed by atoms with E-state index in [2.05, 4.69) is 20.3 Å². The van der Waals surface area contributed by atoms with E-state index in [0.717, 1.165) is 11.3 Å². The molecule has 0 radical (unpaired) electrons. The van der Waals surface area contributed by atoms with E-state index in [4.69, 9.17) is 20.8 Å². The van der Waals surface area contributed by atoms with E-state index in [1.807, 2.05) is 60.7 Å². The summed E-state index contributed by atoms with van der Waals surface area (Å²) in [5.74, 6) is 0.203. The largest absolute Gasteiger partial charge is 0.450 e. The Morgan fingerprint density at radius 1 is 0.879 bits per heavy atom. The van der Waals surface area contributed by atoms with Crippen LogP contribution in [0.5, 0.6) is 0 Å². The zero-order valence-corrected chi connectivity index (χ0v) is 17.9. The van der Waals surface area contributed by atoms with Gasteiger partial charge in [0, 0.05) is 16.1 Å². The van der Waals surface area contributed by atoms with Gasteiger partial charge in [-0.2, -0.15) is 0 Å². The van der Waals surface area contributed by atoms with Crippen molar-refractivity contribution < 1.29 is 13.9 Å². The van der Waals surface area contributed by atoms with Crippen LogP contribution in [0.25, 0.3) is 28.5 Å². The molecule has 5 aromatic rings. The van der Waals surface area contributed by atoms with Gasteiger partial charge in [0.1, 0.15) is 0 Å². The SMILES string of the molecule is O=C(OCc1nnc(-c2ccc(Cl)cc2)o1)c1nc(-c2ccccc2)n(-c2ccccc2)n1. The summed E-state index contributed by atoms with van der Waals surface area (Å²) in [5, 5.41) is 12.9. The predicted molar refractivity (Wildman–Crippen MR) is 121 cm³/mol. The Labute approximate surface area is 193 Å². The van der Waals surface area contributed by atoms with E-state index < -0.39 is 5.97 Å². The van der Waals surface area contributed by atoms with Crippen molar-refractivity contribution in [2.45, 2.75) is 6.61 Å². The number of hydrogen-bond acceptors (Lipinski definition) is 7. The summed E-state index contributed by atoms with van der Waals surface area (Å²) in [6.07, 6.45) is 0. The fourth-order valence-electron chi connectivity index (χ4n) is 3.13. The number of para-hydroxylation sites is 1. The van der Waals surface area contributed by atoms with Gasteiger partial charge in [0.2, 0.25) is 5.89 Å². The quantitative estimate of drug-likeness (QED) is 0.331. The topological polar surface area (TPSA) is 95.9 Å². The smallest absolute Gasteiger partial charge is 0.378 e. The molecule has 0 saturated carbocycles. The van der Waals surface area contributed by atoms with Crippen LogP contribution in [0.3, 0.4) is 0 Å². The first-order chi connectivity index (χ1) is 16.2. The highest BCUT2D eigenvalue weighted by Crippen LogP contribution is 2.22. The number of aromatic nitrogens is 5. The molecule has 0 N–H and O–H groups in total. The van der Waals surface area contributed by atoms with Crippen molar-refractivity contribution in [1.82, 2.24) is 25.0 Å². The van der Waals surface area contributed by atoms with Crippen molar-refractivity contribution in [3.63, 3.8) is 0 Å². The van der Waals surface area contributed by atoms with Crippen molar-refractivity contribution in [1.29, 1.82) is 0 Å². The molecule has 0 bridgehead atoms. The molecule has 162 valence electrons. The van der Waals surface area contributed by atoms with Crippen LogP contribution in [0.4, 0.5) is 0 Å². The Morgan fingerprint density at radius 3 is 2.30 bits per heavy atom. The van der Waals surface area contributed by atoms with Gasteiger partial charge < -0.3 is 9.15 Å². The van der Waals surface area contributed by atoms with Crippen LogP contribution >= 0.6 is 11.6 Å². The second-order valence-electron chi connectivity index (χ2n) is 6.96. The van der Waals surface area contributed by atoms with Crippen LogP contribution in [0, 0.1) is 0 Å². The van der Waals surface area contributed by atoms with Gasteiger partial charge in [0.05, 0.1) is 5.69 Å². The molecule has 5 rings (SSSR count). The molecule has 0 saturated heterocycles. The number of hydrogen-bond donors (Lipinski definition) is 0. The molecular formula is C24H16ClN5O3. The lowest BCUT2D eigenvalue weighted by Crippen LogP contribution is -2.08. The highest BCUT2D eigenvalue weighted by Gasteiger charge is 2.21. The highest BCUT2D eigenvalue weighted by molar-refractivity contribution is 6.30. The number of carbonyl (C=O) groups is 1. The second-order valence-corrected chi connectivity index (χ2v) is 7.39. The molecule has 3 aromatic carbocycles. The number of benzene rings is 3. The lowest BCUT2D eigenvalue weighted by Gasteiger charge is -2.05. The van der Waals surface area contributed by atoms with E-state index in [9.17, 15) is 4.79 Å². The third-order valence-corrected chi connectivity index (χ3v) is 4.96.